The first-order chi connectivity index (χ1) is 7.15. The highest BCUT2D eigenvalue weighted by atomic mass is 16.5. The van der Waals surface area contributed by atoms with Crippen LogP contribution in [0.25, 0.3) is 0 Å². The quantitative estimate of drug-likeness (QED) is 0.614. The first kappa shape index (κ1) is 9.37. The van der Waals surface area contributed by atoms with E-state index in [1.807, 2.05) is 0 Å². The predicted molar refractivity (Wildman–Crippen MR) is 53.0 cm³/mol. The average Bonchev–Trinajstić information content (AvgIpc) is 2.18. The molecule has 0 heterocycles. The molecule has 4 fully saturated rings. The van der Waals surface area contributed by atoms with E-state index in [0.29, 0.717) is 17.6 Å². The van der Waals surface area contributed by atoms with E-state index in [1.54, 1.807) is 0 Å². The number of ketones is 1. The second-order valence-electron chi connectivity index (χ2n) is 5.35. The Morgan fingerprint density at radius 3 is 2.80 bits per heavy atom. The number of esters is 1. The van der Waals surface area contributed by atoms with Crippen LogP contribution in [0.3, 0.4) is 0 Å². The molecule has 4 unspecified atom stereocenters. The Balaban J connectivity index is 1.85. The van der Waals surface area contributed by atoms with Crippen LogP contribution in [-0.4, -0.2) is 17.9 Å². The Morgan fingerprint density at radius 2 is 2.07 bits per heavy atom. The second-order valence-corrected chi connectivity index (χ2v) is 5.35. The van der Waals surface area contributed by atoms with E-state index in [-0.39, 0.29) is 18.0 Å². The predicted octanol–water partition coefficient (Wildman–Crippen LogP) is 1.55. The second kappa shape index (κ2) is 3.06. The van der Waals surface area contributed by atoms with Crippen molar-refractivity contribution in [3.63, 3.8) is 0 Å². The van der Waals surface area contributed by atoms with Crippen LogP contribution in [0, 0.1) is 23.7 Å². The SMILES string of the molecule is CC(=O)O[C@@H]1C2CC3CC(C2)C(=O)C1C3. The lowest BCUT2D eigenvalue weighted by atomic mass is 9.54. The van der Waals surface area contributed by atoms with Crippen LogP contribution in [0.15, 0.2) is 0 Å². The van der Waals surface area contributed by atoms with Gasteiger partial charge < -0.3 is 4.74 Å². The number of carbonyl (C=O) groups excluding carboxylic acids is 2. The standard InChI is InChI=1S/C12H16O3/c1-6(13)15-12-9-3-7-2-8(5-9)11(14)10(12)4-7/h7-10,12H,2-5H2,1H3/t7?,8?,9?,10?,12-/m1/s1. The summed E-state index contributed by atoms with van der Waals surface area (Å²) in [6.45, 7) is 1.44. The molecule has 0 radical (unpaired) electrons. The third kappa shape index (κ3) is 1.32. The fraction of sp³-hybridized carbons (Fsp3) is 0.833. The molecular weight excluding hydrogens is 192 g/mol. The molecule has 3 nitrogen and oxygen atoms in total. The Labute approximate surface area is 89.2 Å². The molecule has 0 aliphatic heterocycles. The molecule has 0 N–H and O–H groups in total. The summed E-state index contributed by atoms with van der Waals surface area (Å²) in [5.41, 5.74) is 0. The molecule has 4 bridgehead atoms. The van der Waals surface area contributed by atoms with Crippen molar-refractivity contribution in [2.45, 2.75) is 38.7 Å². The lowest BCUT2D eigenvalue weighted by molar-refractivity contribution is -0.173. The lowest BCUT2D eigenvalue weighted by Crippen LogP contribution is -2.55. The fourth-order valence-electron chi connectivity index (χ4n) is 3.95. The van der Waals surface area contributed by atoms with Gasteiger partial charge >= 0.3 is 5.97 Å². The van der Waals surface area contributed by atoms with Crippen molar-refractivity contribution in [3.05, 3.63) is 0 Å². The number of ether oxygens (including phenoxy) is 1. The molecule has 5 atom stereocenters. The molecule has 0 amide bonds. The van der Waals surface area contributed by atoms with E-state index in [9.17, 15) is 9.59 Å². The van der Waals surface area contributed by atoms with Gasteiger partial charge in [-0.1, -0.05) is 0 Å². The van der Waals surface area contributed by atoms with Gasteiger partial charge in [0.15, 0.2) is 0 Å². The largest absolute Gasteiger partial charge is 0.461 e. The average molecular weight is 208 g/mol. The summed E-state index contributed by atoms with van der Waals surface area (Å²) in [6.07, 6.45) is 4.09. The Hall–Kier alpha value is -0.860. The van der Waals surface area contributed by atoms with Crippen LogP contribution in [0.2, 0.25) is 0 Å². The molecule has 82 valence electrons. The van der Waals surface area contributed by atoms with Crippen molar-refractivity contribution < 1.29 is 14.3 Å². The van der Waals surface area contributed by atoms with E-state index < -0.39 is 0 Å². The highest BCUT2D eigenvalue weighted by Crippen LogP contribution is 2.52. The monoisotopic (exact) mass is 208 g/mol. The topological polar surface area (TPSA) is 43.4 Å². The number of hydrogen-bond donors (Lipinski definition) is 0. The first-order valence-electron chi connectivity index (χ1n) is 5.86. The molecule has 15 heavy (non-hydrogen) atoms. The van der Waals surface area contributed by atoms with Gasteiger partial charge in [-0.15, -0.1) is 0 Å². The van der Waals surface area contributed by atoms with Crippen molar-refractivity contribution in [3.8, 4) is 0 Å². The van der Waals surface area contributed by atoms with Crippen LogP contribution in [0.4, 0.5) is 0 Å². The first-order valence-corrected chi connectivity index (χ1v) is 5.86. The van der Waals surface area contributed by atoms with Crippen molar-refractivity contribution in [2.24, 2.45) is 23.7 Å². The summed E-state index contributed by atoms with van der Waals surface area (Å²) in [7, 11) is 0. The summed E-state index contributed by atoms with van der Waals surface area (Å²) < 4.78 is 5.34. The third-order valence-electron chi connectivity index (χ3n) is 4.36. The molecule has 4 aliphatic carbocycles. The number of hydrogen-bond acceptors (Lipinski definition) is 3. The molecule has 4 aliphatic rings. The zero-order valence-corrected chi connectivity index (χ0v) is 8.94. The maximum absolute atomic E-state index is 12.0. The van der Waals surface area contributed by atoms with Crippen molar-refractivity contribution >= 4 is 11.8 Å². The molecule has 0 saturated heterocycles. The maximum Gasteiger partial charge on any atom is 0.302 e. The summed E-state index contributed by atoms with van der Waals surface area (Å²) in [6, 6.07) is 0. The molecule has 0 aromatic heterocycles. The summed E-state index contributed by atoms with van der Waals surface area (Å²) in [5.74, 6) is 1.65. The van der Waals surface area contributed by atoms with E-state index in [1.165, 1.54) is 6.92 Å². The molecular formula is C12H16O3. The van der Waals surface area contributed by atoms with Crippen molar-refractivity contribution in [1.29, 1.82) is 0 Å². The van der Waals surface area contributed by atoms with Crippen LogP contribution >= 0.6 is 0 Å². The van der Waals surface area contributed by atoms with E-state index >= 15 is 0 Å². The Kier molecular flexibility index (Phi) is 1.91. The van der Waals surface area contributed by atoms with Gasteiger partial charge in [-0.25, -0.2) is 0 Å². The minimum absolute atomic E-state index is 0.0325. The normalized spacial score (nSPS) is 47.0. The van der Waals surface area contributed by atoms with Gasteiger partial charge in [0.25, 0.3) is 0 Å². The van der Waals surface area contributed by atoms with Crippen LogP contribution in [0.1, 0.15) is 32.6 Å². The highest BCUT2D eigenvalue weighted by molar-refractivity contribution is 5.86. The zero-order chi connectivity index (χ0) is 10.6. The van der Waals surface area contributed by atoms with Gasteiger partial charge in [0.1, 0.15) is 11.9 Å². The highest BCUT2D eigenvalue weighted by Gasteiger charge is 2.54. The Morgan fingerprint density at radius 1 is 1.27 bits per heavy atom. The minimum Gasteiger partial charge on any atom is -0.461 e. The van der Waals surface area contributed by atoms with Gasteiger partial charge in [0.05, 0.1) is 5.92 Å². The van der Waals surface area contributed by atoms with Gasteiger partial charge in [0.2, 0.25) is 0 Å². The number of rotatable bonds is 1. The maximum atomic E-state index is 12.0. The summed E-state index contributed by atoms with van der Waals surface area (Å²) >= 11 is 0. The van der Waals surface area contributed by atoms with Crippen LogP contribution in [0.5, 0.6) is 0 Å². The van der Waals surface area contributed by atoms with Crippen molar-refractivity contribution in [2.75, 3.05) is 0 Å². The minimum atomic E-state index is -0.236. The Bertz CT molecular complexity index is 323. The van der Waals surface area contributed by atoms with Crippen molar-refractivity contribution in [1.82, 2.24) is 0 Å². The fourth-order valence-corrected chi connectivity index (χ4v) is 3.95. The lowest BCUT2D eigenvalue weighted by Gasteiger charge is -2.52. The van der Waals surface area contributed by atoms with E-state index in [0.717, 1.165) is 31.6 Å². The van der Waals surface area contributed by atoms with E-state index in [4.69, 9.17) is 4.74 Å². The van der Waals surface area contributed by atoms with E-state index in [2.05, 4.69) is 0 Å². The summed E-state index contributed by atoms with van der Waals surface area (Å²) in [5, 5.41) is 0. The third-order valence-corrected chi connectivity index (χ3v) is 4.36. The zero-order valence-electron chi connectivity index (χ0n) is 8.94. The van der Waals surface area contributed by atoms with Gasteiger partial charge in [-0.3, -0.25) is 9.59 Å². The molecule has 0 aromatic rings. The molecule has 0 spiro atoms. The number of Topliss-reactive ketones (excluding diaryl/α,β-unsaturated/α-hetero) is 1. The van der Waals surface area contributed by atoms with Gasteiger partial charge in [0, 0.05) is 12.8 Å². The van der Waals surface area contributed by atoms with Gasteiger partial charge in [-0.05, 0) is 37.5 Å². The molecule has 3 heteroatoms. The molecule has 4 saturated carbocycles. The van der Waals surface area contributed by atoms with Crippen LogP contribution in [-0.2, 0) is 14.3 Å². The number of carbonyl (C=O) groups is 2. The molecule has 4 rings (SSSR count). The van der Waals surface area contributed by atoms with Gasteiger partial charge in [-0.2, -0.15) is 0 Å². The molecule has 0 aromatic carbocycles. The summed E-state index contributed by atoms with van der Waals surface area (Å²) in [4.78, 5) is 23.0. The van der Waals surface area contributed by atoms with Crippen LogP contribution < -0.4 is 0 Å². The smallest absolute Gasteiger partial charge is 0.302 e.